The van der Waals surface area contributed by atoms with Crippen molar-refractivity contribution in [3.05, 3.63) is 90.3 Å². The molecule has 0 radical (unpaired) electrons. The lowest BCUT2D eigenvalue weighted by Crippen LogP contribution is -2.35. The zero-order chi connectivity index (χ0) is 29.6. The summed E-state index contributed by atoms with van der Waals surface area (Å²) in [6.07, 6.45) is 2.49. The fourth-order valence-electron chi connectivity index (χ4n) is 4.72. The normalized spacial score (nSPS) is 16.2. The van der Waals surface area contributed by atoms with Crippen molar-refractivity contribution in [2.24, 2.45) is 4.99 Å². The Morgan fingerprint density at radius 1 is 0.953 bits per heavy atom. The number of hydrogen-bond acceptors (Lipinski definition) is 11. The van der Waals surface area contributed by atoms with Gasteiger partial charge in [-0.3, -0.25) is 9.78 Å². The van der Waals surface area contributed by atoms with E-state index in [2.05, 4.69) is 30.7 Å². The van der Waals surface area contributed by atoms with Crippen molar-refractivity contribution in [2.45, 2.75) is 20.0 Å². The molecular weight excluding hydrogens is 564 g/mol. The summed E-state index contributed by atoms with van der Waals surface area (Å²) >= 11 is 1.54. The first-order chi connectivity index (χ1) is 21.2. The molecule has 0 aliphatic carbocycles. The number of para-hydroxylation sites is 1. The van der Waals surface area contributed by atoms with E-state index in [-0.39, 0.29) is 17.8 Å². The highest BCUT2D eigenvalue weighted by atomic mass is 32.1. The number of carbonyl (C=O) groups is 1. The lowest BCUT2D eigenvalue weighted by molar-refractivity contribution is -0.116. The Balaban J connectivity index is 0.00000161. The number of fused-ring (bicyclic) bond motifs is 1. The molecule has 7 rings (SSSR count). The minimum Gasteiger partial charge on any atom is -0.402 e. The van der Waals surface area contributed by atoms with Gasteiger partial charge in [0.05, 0.1) is 24.6 Å². The predicted molar refractivity (Wildman–Crippen MR) is 168 cm³/mol. The van der Waals surface area contributed by atoms with Gasteiger partial charge in [0, 0.05) is 42.2 Å². The number of rotatable bonds is 6. The zero-order valence-corrected chi connectivity index (χ0v) is 24.5. The summed E-state index contributed by atoms with van der Waals surface area (Å²) in [7, 11) is 0. The smallest absolute Gasteiger partial charge is 0.317 e. The molecule has 3 aromatic heterocycles. The van der Waals surface area contributed by atoms with Crippen LogP contribution in [0.25, 0.3) is 22.2 Å². The van der Waals surface area contributed by atoms with Gasteiger partial charge in [-0.15, -0.1) is 5.10 Å². The van der Waals surface area contributed by atoms with Crippen molar-refractivity contribution < 1.29 is 13.9 Å². The van der Waals surface area contributed by atoms with Crippen LogP contribution in [0.4, 0.5) is 16.7 Å². The predicted octanol–water partition coefficient (Wildman–Crippen LogP) is 5.35. The highest BCUT2D eigenvalue weighted by Crippen LogP contribution is 2.40. The molecule has 5 heterocycles. The third kappa shape index (κ3) is 6.01. The Morgan fingerprint density at radius 2 is 1.72 bits per heavy atom. The summed E-state index contributed by atoms with van der Waals surface area (Å²) in [5.41, 5.74) is 4.53. The second-order valence-corrected chi connectivity index (χ2v) is 10.3. The molecule has 0 saturated carbocycles. The molecule has 2 aliphatic rings. The van der Waals surface area contributed by atoms with Crippen LogP contribution in [0.5, 0.6) is 0 Å². The molecule has 12 heteroatoms. The van der Waals surface area contributed by atoms with Gasteiger partial charge in [0.15, 0.2) is 5.69 Å². The van der Waals surface area contributed by atoms with E-state index < -0.39 is 6.17 Å². The molecule has 1 saturated heterocycles. The highest BCUT2D eigenvalue weighted by molar-refractivity contribution is 7.19. The topological polar surface area (TPSA) is 131 Å². The van der Waals surface area contributed by atoms with E-state index in [1.807, 2.05) is 80.6 Å². The minimum absolute atomic E-state index is 0.0612. The summed E-state index contributed by atoms with van der Waals surface area (Å²) in [5, 5.41) is 16.2. The molecule has 218 valence electrons. The van der Waals surface area contributed by atoms with Gasteiger partial charge in [-0.05, 0) is 18.2 Å². The van der Waals surface area contributed by atoms with Gasteiger partial charge in [0.25, 0.3) is 11.8 Å². The Kier molecular flexibility index (Phi) is 8.47. The molecule has 1 amide bonds. The van der Waals surface area contributed by atoms with Crippen molar-refractivity contribution in [2.75, 3.05) is 41.8 Å². The van der Waals surface area contributed by atoms with Crippen molar-refractivity contribution in [1.82, 2.24) is 20.2 Å². The number of pyridine rings is 1. The molecule has 11 nitrogen and oxygen atoms in total. The number of nitrogens with zero attached hydrogens (tertiary/aromatic N) is 6. The molecular formula is C31H30N8O3S. The minimum atomic E-state index is -1.01. The fraction of sp³-hybridized carbons (Fsp3) is 0.226. The van der Waals surface area contributed by atoms with Gasteiger partial charge in [-0.2, -0.15) is 0 Å². The Labute approximate surface area is 252 Å². The zero-order valence-electron chi connectivity index (χ0n) is 23.7. The Hall–Kier alpha value is -4.94. The molecule has 43 heavy (non-hydrogen) atoms. The Morgan fingerprint density at radius 3 is 2.51 bits per heavy atom. The molecule has 2 aromatic carbocycles. The van der Waals surface area contributed by atoms with E-state index in [0.717, 1.165) is 39.8 Å². The average Bonchev–Trinajstić information content (AvgIpc) is 3.70. The molecule has 1 atom stereocenters. The lowest BCUT2D eigenvalue weighted by Gasteiger charge is -2.27. The van der Waals surface area contributed by atoms with Crippen LogP contribution in [0.15, 0.2) is 88.5 Å². The van der Waals surface area contributed by atoms with E-state index in [1.54, 1.807) is 12.4 Å². The van der Waals surface area contributed by atoms with Crippen LogP contribution in [-0.2, 0) is 9.53 Å². The number of aromatic nitrogens is 4. The van der Waals surface area contributed by atoms with Crippen molar-refractivity contribution in [3.63, 3.8) is 0 Å². The number of nitrogens with one attached hydrogen (secondary N) is 2. The van der Waals surface area contributed by atoms with Gasteiger partial charge >= 0.3 is 6.01 Å². The van der Waals surface area contributed by atoms with Gasteiger partial charge in [0.2, 0.25) is 6.17 Å². The van der Waals surface area contributed by atoms with Crippen molar-refractivity contribution >= 4 is 39.7 Å². The van der Waals surface area contributed by atoms with E-state index >= 15 is 0 Å². The lowest BCUT2D eigenvalue weighted by atomic mass is 10.0. The average molecular weight is 595 g/mol. The van der Waals surface area contributed by atoms with Crippen LogP contribution < -0.4 is 15.5 Å². The molecule has 0 spiro atoms. The van der Waals surface area contributed by atoms with Crippen molar-refractivity contribution in [3.8, 4) is 22.2 Å². The monoisotopic (exact) mass is 594 g/mol. The second-order valence-electron chi connectivity index (χ2n) is 9.35. The van der Waals surface area contributed by atoms with Crippen LogP contribution in [-0.4, -0.2) is 64.3 Å². The first kappa shape index (κ1) is 28.2. The van der Waals surface area contributed by atoms with Crippen LogP contribution >= 0.6 is 11.3 Å². The molecule has 2 N–H and O–H groups in total. The maximum atomic E-state index is 13.3. The molecule has 0 bridgehead atoms. The number of hydrogen-bond donors (Lipinski definition) is 2. The quantitative estimate of drug-likeness (QED) is 0.267. The number of morpholine rings is 1. The van der Waals surface area contributed by atoms with E-state index in [9.17, 15) is 4.79 Å². The molecule has 2 aliphatic heterocycles. The molecule has 1 fully saturated rings. The van der Waals surface area contributed by atoms with Crippen LogP contribution in [0.3, 0.4) is 0 Å². The second kappa shape index (κ2) is 12.9. The maximum Gasteiger partial charge on any atom is 0.317 e. The number of thiazole rings is 1. The van der Waals surface area contributed by atoms with Gasteiger partial charge in [-0.25, -0.2) is 9.98 Å². The number of aliphatic imine (C=N–C) groups is 1. The summed E-state index contributed by atoms with van der Waals surface area (Å²) in [6, 6.07) is 21.2. The number of ether oxygens (including phenoxy) is 1. The summed E-state index contributed by atoms with van der Waals surface area (Å²) in [5.74, 6) is -0.102. The maximum absolute atomic E-state index is 13.3. The largest absolute Gasteiger partial charge is 0.402 e. The van der Waals surface area contributed by atoms with E-state index in [4.69, 9.17) is 19.1 Å². The summed E-state index contributed by atoms with van der Waals surface area (Å²) in [6.45, 7) is 6.69. The van der Waals surface area contributed by atoms with Crippen molar-refractivity contribution in [1.29, 1.82) is 0 Å². The first-order valence-electron chi connectivity index (χ1n) is 14.1. The van der Waals surface area contributed by atoms with Gasteiger partial charge in [-0.1, -0.05) is 78.8 Å². The molecule has 5 aromatic rings. The number of carbonyl (C=O) groups excluding carboxylic acids is 1. The SMILES string of the molecule is CC.O=C1Nc2ccccc2C(c2ccccc2)=NC1Nc1nnc(-c2nc(-c3cccnc3)sc2N2CCOCC2)o1. The van der Waals surface area contributed by atoms with Crippen LogP contribution in [0.2, 0.25) is 0 Å². The van der Waals surface area contributed by atoms with Gasteiger partial charge < -0.3 is 24.7 Å². The first-order valence-corrected chi connectivity index (χ1v) is 14.9. The number of amides is 1. The molecule has 1 unspecified atom stereocenters. The number of benzodiazepines with no additional fused rings is 1. The third-order valence-corrected chi connectivity index (χ3v) is 7.86. The fourth-order valence-corrected chi connectivity index (χ4v) is 5.82. The third-order valence-electron chi connectivity index (χ3n) is 6.70. The number of anilines is 3. The van der Waals surface area contributed by atoms with E-state index in [1.165, 1.54) is 11.3 Å². The van der Waals surface area contributed by atoms with Crippen LogP contribution in [0, 0.1) is 0 Å². The standard InChI is InChI=1S/C29H24N8O3S.C2H6/c38-25-24(32-22(18-7-2-1-3-8-18)20-10-4-5-11-21(20)31-25)34-29-36-35-26(40-29)23-28(37-13-15-39-16-14-37)41-27(33-23)19-9-6-12-30-17-19;1-2/h1-12,17,24H,13-16H2,(H,31,38)(H,34,36);1-2H3. The van der Waals surface area contributed by atoms with E-state index in [0.29, 0.717) is 30.3 Å². The summed E-state index contributed by atoms with van der Waals surface area (Å²) in [4.78, 5) is 29.4. The van der Waals surface area contributed by atoms with Gasteiger partial charge in [0.1, 0.15) is 10.0 Å². The number of benzene rings is 2. The highest BCUT2D eigenvalue weighted by Gasteiger charge is 2.29. The van der Waals surface area contributed by atoms with Crippen LogP contribution in [0.1, 0.15) is 25.0 Å². The Bertz CT molecular complexity index is 1720. The summed E-state index contributed by atoms with van der Waals surface area (Å²) < 4.78 is 11.6.